The number of rotatable bonds is 1. The van der Waals surface area contributed by atoms with E-state index < -0.39 is 9.84 Å². The standard InChI is InChI=1S/C13H16N2O2S2/c1-8-3-4-10(5-9(8)2)15-12-7-19(16,17)6-11(12)14-13(15)18/h3-5,11-12H,6-7H2,1-2H3,(H,14,18)/t11-,12-/m0/s1. The number of nitrogens with zero attached hydrogens (tertiary/aromatic N) is 1. The van der Waals surface area contributed by atoms with Crippen LogP contribution in [-0.2, 0) is 9.84 Å². The molecule has 6 heteroatoms. The second-order valence-corrected chi connectivity index (χ2v) is 7.88. The van der Waals surface area contributed by atoms with Gasteiger partial charge in [0.25, 0.3) is 0 Å². The Morgan fingerprint density at radius 3 is 2.68 bits per heavy atom. The maximum absolute atomic E-state index is 11.7. The molecular formula is C13H16N2O2S2. The van der Waals surface area contributed by atoms with Crippen molar-refractivity contribution in [1.82, 2.24) is 5.32 Å². The van der Waals surface area contributed by atoms with Crippen molar-refractivity contribution in [3.05, 3.63) is 29.3 Å². The van der Waals surface area contributed by atoms with Gasteiger partial charge >= 0.3 is 0 Å². The predicted octanol–water partition coefficient (Wildman–Crippen LogP) is 1.16. The van der Waals surface area contributed by atoms with Crippen LogP contribution in [0.5, 0.6) is 0 Å². The van der Waals surface area contributed by atoms with E-state index in [1.54, 1.807) is 0 Å². The minimum Gasteiger partial charge on any atom is -0.356 e. The zero-order valence-corrected chi connectivity index (χ0v) is 12.5. The molecule has 0 saturated carbocycles. The Kier molecular flexibility index (Phi) is 2.83. The van der Waals surface area contributed by atoms with E-state index in [0.717, 1.165) is 5.69 Å². The molecule has 0 radical (unpaired) electrons. The van der Waals surface area contributed by atoms with Crippen molar-refractivity contribution in [3.63, 3.8) is 0 Å². The highest BCUT2D eigenvalue weighted by Crippen LogP contribution is 2.30. The van der Waals surface area contributed by atoms with Crippen molar-refractivity contribution in [2.45, 2.75) is 25.9 Å². The molecule has 4 nitrogen and oxygen atoms in total. The Balaban J connectivity index is 1.99. The summed E-state index contributed by atoms with van der Waals surface area (Å²) in [6.07, 6.45) is 0. The van der Waals surface area contributed by atoms with Crippen LogP contribution in [0.1, 0.15) is 11.1 Å². The van der Waals surface area contributed by atoms with Crippen molar-refractivity contribution in [1.29, 1.82) is 0 Å². The number of sulfone groups is 1. The number of hydrogen-bond acceptors (Lipinski definition) is 3. The molecule has 2 atom stereocenters. The van der Waals surface area contributed by atoms with Crippen LogP contribution >= 0.6 is 12.2 Å². The fourth-order valence-electron chi connectivity index (χ4n) is 2.78. The molecule has 0 bridgehead atoms. The number of thiocarbonyl (C=S) groups is 1. The minimum absolute atomic E-state index is 0.0698. The number of anilines is 1. The normalized spacial score (nSPS) is 28.3. The van der Waals surface area contributed by atoms with E-state index in [1.807, 2.05) is 24.0 Å². The molecule has 2 aliphatic rings. The molecule has 0 aliphatic carbocycles. The van der Waals surface area contributed by atoms with Gasteiger partial charge in [-0.3, -0.25) is 0 Å². The van der Waals surface area contributed by atoms with Crippen LogP contribution in [-0.4, -0.2) is 37.1 Å². The molecule has 3 rings (SSSR count). The molecule has 2 heterocycles. The van der Waals surface area contributed by atoms with E-state index in [-0.39, 0.29) is 23.6 Å². The Labute approximate surface area is 118 Å². The average Bonchev–Trinajstić information content (AvgIpc) is 2.73. The van der Waals surface area contributed by atoms with Crippen LogP contribution in [0.2, 0.25) is 0 Å². The van der Waals surface area contributed by atoms with Crippen molar-refractivity contribution in [3.8, 4) is 0 Å². The second-order valence-electron chi connectivity index (χ2n) is 5.34. The van der Waals surface area contributed by atoms with Gasteiger partial charge in [-0.15, -0.1) is 0 Å². The molecule has 2 saturated heterocycles. The Morgan fingerprint density at radius 2 is 2.00 bits per heavy atom. The lowest BCUT2D eigenvalue weighted by Crippen LogP contribution is -2.36. The summed E-state index contributed by atoms with van der Waals surface area (Å²) in [7, 11) is -2.95. The quantitative estimate of drug-likeness (QED) is 0.788. The lowest BCUT2D eigenvalue weighted by molar-refractivity contribution is 0.600. The molecule has 1 aromatic rings. The largest absolute Gasteiger partial charge is 0.356 e. The van der Waals surface area contributed by atoms with Crippen molar-refractivity contribution < 1.29 is 8.42 Å². The van der Waals surface area contributed by atoms with Crippen LogP contribution in [0.25, 0.3) is 0 Å². The lowest BCUT2D eigenvalue weighted by Gasteiger charge is -2.24. The molecule has 0 spiro atoms. The topological polar surface area (TPSA) is 49.4 Å². The maximum Gasteiger partial charge on any atom is 0.174 e. The third kappa shape index (κ3) is 2.12. The highest BCUT2D eigenvalue weighted by atomic mass is 32.2. The minimum atomic E-state index is -2.95. The van der Waals surface area contributed by atoms with Gasteiger partial charge in [0.2, 0.25) is 0 Å². The number of benzene rings is 1. The summed E-state index contributed by atoms with van der Waals surface area (Å²) in [6, 6.07) is 5.98. The fraction of sp³-hybridized carbons (Fsp3) is 0.462. The first-order chi connectivity index (χ1) is 8.87. The van der Waals surface area contributed by atoms with Crippen LogP contribution in [0.4, 0.5) is 5.69 Å². The van der Waals surface area contributed by atoms with Gasteiger partial charge in [-0.2, -0.15) is 0 Å². The zero-order chi connectivity index (χ0) is 13.8. The number of nitrogens with one attached hydrogen (secondary N) is 1. The smallest absolute Gasteiger partial charge is 0.174 e. The van der Waals surface area contributed by atoms with Crippen LogP contribution in [0.3, 0.4) is 0 Å². The third-order valence-corrected chi connectivity index (χ3v) is 5.98. The van der Waals surface area contributed by atoms with Crippen molar-refractivity contribution in [2.24, 2.45) is 0 Å². The Hall–Kier alpha value is -1.14. The first kappa shape index (κ1) is 12.9. The first-order valence-corrected chi connectivity index (χ1v) is 8.48. The summed E-state index contributed by atoms with van der Waals surface area (Å²) in [6.45, 7) is 4.11. The number of aryl methyl sites for hydroxylation is 2. The fourth-order valence-corrected chi connectivity index (χ4v) is 5.07. The van der Waals surface area contributed by atoms with Crippen molar-refractivity contribution >= 4 is 32.9 Å². The highest BCUT2D eigenvalue weighted by Gasteiger charge is 2.47. The van der Waals surface area contributed by atoms with E-state index in [4.69, 9.17) is 12.2 Å². The average molecular weight is 296 g/mol. The summed E-state index contributed by atoms with van der Waals surface area (Å²) in [5, 5.41) is 3.76. The summed E-state index contributed by atoms with van der Waals surface area (Å²) in [5.41, 5.74) is 3.38. The third-order valence-electron chi connectivity index (χ3n) is 3.95. The molecule has 0 aromatic heterocycles. The van der Waals surface area contributed by atoms with E-state index in [1.165, 1.54) is 11.1 Å². The Bertz CT molecular complexity index is 655. The summed E-state index contributed by atoms with van der Waals surface area (Å²) >= 11 is 5.35. The highest BCUT2D eigenvalue weighted by molar-refractivity contribution is 7.91. The van der Waals surface area contributed by atoms with Crippen LogP contribution < -0.4 is 10.2 Å². The van der Waals surface area contributed by atoms with E-state index >= 15 is 0 Å². The van der Waals surface area contributed by atoms with Gasteiger partial charge in [0.05, 0.1) is 23.6 Å². The van der Waals surface area contributed by atoms with Crippen LogP contribution in [0, 0.1) is 13.8 Å². The summed E-state index contributed by atoms with van der Waals surface area (Å²) in [5.74, 6) is 0.358. The predicted molar refractivity (Wildman–Crippen MR) is 80.4 cm³/mol. The Morgan fingerprint density at radius 1 is 1.26 bits per heavy atom. The molecular weight excluding hydrogens is 280 g/mol. The SMILES string of the molecule is Cc1ccc(N2C(=S)N[C@H]3CS(=O)(=O)C[C@@H]32)cc1C. The van der Waals surface area contributed by atoms with Gasteiger partial charge in [-0.05, 0) is 49.3 Å². The van der Waals surface area contributed by atoms with Crippen molar-refractivity contribution in [2.75, 3.05) is 16.4 Å². The lowest BCUT2D eigenvalue weighted by atomic mass is 10.1. The van der Waals surface area contributed by atoms with Gasteiger partial charge in [0, 0.05) is 5.69 Å². The number of hydrogen-bond donors (Lipinski definition) is 1. The van der Waals surface area contributed by atoms with E-state index in [2.05, 4.69) is 18.3 Å². The van der Waals surface area contributed by atoms with Gasteiger partial charge < -0.3 is 10.2 Å². The number of fused-ring (bicyclic) bond motifs is 1. The second kappa shape index (κ2) is 4.18. The van der Waals surface area contributed by atoms with Gasteiger partial charge in [0.15, 0.2) is 14.9 Å². The molecule has 0 amide bonds. The molecule has 1 N–H and O–H groups in total. The van der Waals surface area contributed by atoms with Gasteiger partial charge in [-0.1, -0.05) is 6.07 Å². The maximum atomic E-state index is 11.7. The summed E-state index contributed by atoms with van der Waals surface area (Å²) in [4.78, 5) is 1.96. The molecule has 1 aromatic carbocycles. The monoisotopic (exact) mass is 296 g/mol. The summed E-state index contributed by atoms with van der Waals surface area (Å²) < 4.78 is 23.5. The van der Waals surface area contributed by atoms with Gasteiger partial charge in [-0.25, -0.2) is 8.42 Å². The van der Waals surface area contributed by atoms with Crippen LogP contribution in [0.15, 0.2) is 18.2 Å². The zero-order valence-electron chi connectivity index (χ0n) is 10.9. The molecule has 19 heavy (non-hydrogen) atoms. The molecule has 2 fully saturated rings. The molecule has 102 valence electrons. The van der Waals surface area contributed by atoms with Gasteiger partial charge in [0.1, 0.15) is 0 Å². The molecule has 2 aliphatic heterocycles. The molecule has 0 unspecified atom stereocenters. The first-order valence-electron chi connectivity index (χ1n) is 6.25. The van der Waals surface area contributed by atoms with E-state index in [9.17, 15) is 8.42 Å². The van der Waals surface area contributed by atoms with E-state index in [0.29, 0.717) is 5.11 Å².